The van der Waals surface area contributed by atoms with Gasteiger partial charge in [0, 0.05) is 17.2 Å². The summed E-state index contributed by atoms with van der Waals surface area (Å²) < 4.78 is 17.9. The molecule has 36 heavy (non-hydrogen) atoms. The SMILES string of the molecule is CCOc1ccc(C2C(C(=O)OCCOC)=C(C)N=c3s/c(=C\c4ccc(Cl)cc4Cl)c(=O)n32)cc1. The summed E-state index contributed by atoms with van der Waals surface area (Å²) in [6, 6.07) is 11.6. The fourth-order valence-electron chi connectivity index (χ4n) is 3.87. The molecule has 4 rings (SSSR count). The quantitative estimate of drug-likeness (QED) is 0.313. The largest absolute Gasteiger partial charge is 0.494 e. The Morgan fingerprint density at radius 1 is 1.17 bits per heavy atom. The first-order valence-corrected chi connectivity index (χ1v) is 12.8. The second kappa shape index (κ2) is 11.4. The molecule has 0 fully saturated rings. The molecule has 0 saturated carbocycles. The van der Waals surface area contributed by atoms with Crippen molar-refractivity contribution in [3.05, 3.63) is 94.6 Å². The molecule has 1 unspecified atom stereocenters. The van der Waals surface area contributed by atoms with Crippen LogP contribution in [0.2, 0.25) is 10.0 Å². The molecule has 1 atom stereocenters. The lowest BCUT2D eigenvalue weighted by molar-refractivity contribution is -0.140. The molecule has 0 amide bonds. The normalized spacial score (nSPS) is 15.5. The van der Waals surface area contributed by atoms with Gasteiger partial charge in [-0.2, -0.15) is 0 Å². The third kappa shape index (κ3) is 5.42. The third-order valence-electron chi connectivity index (χ3n) is 5.52. The number of methoxy groups -OCH3 is 1. The molecule has 10 heteroatoms. The Hall–Kier alpha value is -2.91. The Kier molecular flexibility index (Phi) is 8.31. The van der Waals surface area contributed by atoms with Crippen molar-refractivity contribution < 1.29 is 19.0 Å². The van der Waals surface area contributed by atoms with Crippen LogP contribution in [0.15, 0.2) is 63.5 Å². The van der Waals surface area contributed by atoms with E-state index >= 15 is 0 Å². The molecule has 1 aliphatic rings. The summed E-state index contributed by atoms with van der Waals surface area (Å²) in [7, 11) is 1.53. The van der Waals surface area contributed by atoms with Gasteiger partial charge in [-0.1, -0.05) is 52.7 Å². The summed E-state index contributed by atoms with van der Waals surface area (Å²) in [6.07, 6.45) is 1.70. The van der Waals surface area contributed by atoms with Gasteiger partial charge < -0.3 is 14.2 Å². The highest BCUT2D eigenvalue weighted by molar-refractivity contribution is 7.07. The molecule has 0 N–H and O–H groups in total. The predicted octanol–water partition coefficient (Wildman–Crippen LogP) is 4.13. The highest BCUT2D eigenvalue weighted by atomic mass is 35.5. The number of benzene rings is 2. The maximum atomic E-state index is 13.7. The van der Waals surface area contributed by atoms with Crippen LogP contribution in [0.5, 0.6) is 5.75 Å². The predicted molar refractivity (Wildman–Crippen MR) is 141 cm³/mol. The topological polar surface area (TPSA) is 79.1 Å². The molecule has 0 spiro atoms. The van der Waals surface area contributed by atoms with E-state index in [1.165, 1.54) is 23.0 Å². The van der Waals surface area contributed by atoms with Crippen LogP contribution in [0.1, 0.15) is 31.0 Å². The smallest absolute Gasteiger partial charge is 0.338 e. The van der Waals surface area contributed by atoms with E-state index < -0.39 is 12.0 Å². The molecule has 2 aromatic carbocycles. The van der Waals surface area contributed by atoms with Gasteiger partial charge in [0.1, 0.15) is 12.4 Å². The van der Waals surface area contributed by atoms with Crippen molar-refractivity contribution in [2.45, 2.75) is 19.9 Å². The molecule has 1 aliphatic heterocycles. The van der Waals surface area contributed by atoms with E-state index in [9.17, 15) is 9.59 Å². The van der Waals surface area contributed by atoms with Crippen LogP contribution in [0, 0.1) is 0 Å². The van der Waals surface area contributed by atoms with Crippen LogP contribution in [0.4, 0.5) is 0 Å². The fourth-order valence-corrected chi connectivity index (χ4v) is 5.37. The summed E-state index contributed by atoms with van der Waals surface area (Å²) in [5, 5.41) is 0.927. The number of fused-ring (bicyclic) bond motifs is 1. The molecule has 0 radical (unpaired) electrons. The number of thiazole rings is 1. The van der Waals surface area contributed by atoms with Crippen molar-refractivity contribution in [3.63, 3.8) is 0 Å². The zero-order chi connectivity index (χ0) is 25.8. The number of hydrogen-bond donors (Lipinski definition) is 0. The number of esters is 1. The second-order valence-electron chi connectivity index (χ2n) is 7.88. The van der Waals surface area contributed by atoms with Gasteiger partial charge in [0.05, 0.1) is 35.1 Å². The van der Waals surface area contributed by atoms with Gasteiger partial charge in [-0.05, 0) is 55.3 Å². The van der Waals surface area contributed by atoms with E-state index in [0.717, 1.165) is 5.56 Å². The number of aromatic nitrogens is 1. The maximum Gasteiger partial charge on any atom is 0.338 e. The highest BCUT2D eigenvalue weighted by Gasteiger charge is 2.33. The Balaban J connectivity index is 1.87. The number of ether oxygens (including phenoxy) is 3. The Bertz CT molecular complexity index is 1490. The van der Waals surface area contributed by atoms with E-state index in [0.29, 0.717) is 48.6 Å². The third-order valence-corrected chi connectivity index (χ3v) is 7.06. The van der Waals surface area contributed by atoms with Crippen molar-refractivity contribution in [2.75, 3.05) is 26.9 Å². The number of hydrogen-bond acceptors (Lipinski definition) is 7. The van der Waals surface area contributed by atoms with Crippen LogP contribution in [0.25, 0.3) is 6.08 Å². The fraction of sp³-hybridized carbons (Fsp3) is 0.269. The molecular formula is C26H24Cl2N2O5S. The number of halogens is 2. The minimum Gasteiger partial charge on any atom is -0.494 e. The van der Waals surface area contributed by atoms with Crippen LogP contribution >= 0.6 is 34.5 Å². The lowest BCUT2D eigenvalue weighted by Gasteiger charge is -2.25. The van der Waals surface area contributed by atoms with Gasteiger partial charge in [-0.3, -0.25) is 9.36 Å². The average Bonchev–Trinajstić information content (AvgIpc) is 3.15. The van der Waals surface area contributed by atoms with Crippen molar-refractivity contribution in [2.24, 2.45) is 4.99 Å². The van der Waals surface area contributed by atoms with Crippen molar-refractivity contribution in [3.8, 4) is 5.75 Å². The zero-order valence-electron chi connectivity index (χ0n) is 19.9. The molecule has 1 aromatic heterocycles. The van der Waals surface area contributed by atoms with Crippen LogP contribution < -0.4 is 19.6 Å². The molecule has 2 heterocycles. The van der Waals surface area contributed by atoms with Gasteiger partial charge in [0.15, 0.2) is 4.80 Å². The molecule has 188 valence electrons. The molecule has 0 bridgehead atoms. The average molecular weight is 547 g/mol. The van der Waals surface area contributed by atoms with E-state index in [1.54, 1.807) is 31.2 Å². The molecular weight excluding hydrogens is 523 g/mol. The minimum atomic E-state index is -0.727. The van der Waals surface area contributed by atoms with E-state index in [-0.39, 0.29) is 18.8 Å². The summed E-state index contributed by atoms with van der Waals surface area (Å²) in [5.74, 6) is 0.137. The van der Waals surface area contributed by atoms with Crippen LogP contribution in [-0.4, -0.2) is 37.5 Å². The molecule has 0 saturated heterocycles. The Morgan fingerprint density at radius 3 is 2.58 bits per heavy atom. The van der Waals surface area contributed by atoms with E-state index in [1.807, 2.05) is 31.2 Å². The highest BCUT2D eigenvalue weighted by Crippen LogP contribution is 2.31. The van der Waals surface area contributed by atoms with E-state index in [2.05, 4.69) is 4.99 Å². The Labute approximate surface area is 221 Å². The maximum absolute atomic E-state index is 13.7. The lowest BCUT2D eigenvalue weighted by atomic mass is 9.96. The van der Waals surface area contributed by atoms with Gasteiger partial charge >= 0.3 is 5.97 Å². The number of nitrogens with zero attached hydrogens (tertiary/aromatic N) is 2. The van der Waals surface area contributed by atoms with Crippen LogP contribution in [-0.2, 0) is 14.3 Å². The molecule has 0 aliphatic carbocycles. The minimum absolute atomic E-state index is 0.0849. The first-order valence-electron chi connectivity index (χ1n) is 11.2. The molecule has 3 aromatic rings. The summed E-state index contributed by atoms with van der Waals surface area (Å²) >= 11 is 13.6. The van der Waals surface area contributed by atoms with Crippen LogP contribution in [0.3, 0.4) is 0 Å². The van der Waals surface area contributed by atoms with Gasteiger partial charge in [-0.25, -0.2) is 9.79 Å². The first kappa shape index (κ1) is 26.2. The summed E-state index contributed by atoms with van der Waals surface area (Å²) in [4.78, 5) is 31.9. The van der Waals surface area contributed by atoms with Crippen molar-refractivity contribution in [1.29, 1.82) is 0 Å². The van der Waals surface area contributed by atoms with Gasteiger partial charge in [0.2, 0.25) is 0 Å². The lowest BCUT2D eigenvalue weighted by Crippen LogP contribution is -2.40. The summed E-state index contributed by atoms with van der Waals surface area (Å²) in [6.45, 7) is 4.51. The molecule has 7 nitrogen and oxygen atoms in total. The number of allylic oxidation sites excluding steroid dienone is 1. The van der Waals surface area contributed by atoms with Gasteiger partial charge in [-0.15, -0.1) is 0 Å². The number of carbonyl (C=O) groups excluding carboxylic acids is 1. The number of carbonyl (C=O) groups is 1. The summed E-state index contributed by atoms with van der Waals surface area (Å²) in [5.41, 5.74) is 1.85. The first-order chi connectivity index (χ1) is 17.3. The standard InChI is InChI=1S/C26H24Cl2N2O5S/c1-4-34-19-9-6-16(7-10-19)23-22(25(32)35-12-11-33-3)15(2)29-26-30(23)24(31)21(36-26)13-17-5-8-18(27)14-20(17)28/h5-10,13-14,23H,4,11-12H2,1-3H3/b21-13-. The zero-order valence-corrected chi connectivity index (χ0v) is 22.2. The van der Waals surface area contributed by atoms with E-state index in [4.69, 9.17) is 37.4 Å². The second-order valence-corrected chi connectivity index (χ2v) is 9.73. The number of rotatable bonds is 8. The van der Waals surface area contributed by atoms with Gasteiger partial charge in [0.25, 0.3) is 5.56 Å². The van der Waals surface area contributed by atoms with Crippen molar-refractivity contribution in [1.82, 2.24) is 4.57 Å². The Morgan fingerprint density at radius 2 is 1.92 bits per heavy atom. The van der Waals surface area contributed by atoms with Crippen molar-refractivity contribution >= 4 is 46.6 Å². The monoisotopic (exact) mass is 546 g/mol.